The third-order valence-electron chi connectivity index (χ3n) is 6.99. The lowest BCUT2D eigenvalue weighted by Gasteiger charge is -2.31. The third-order valence-corrected chi connectivity index (χ3v) is 6.99. The molecule has 8 heteroatoms. The number of likely N-dealkylation sites (tertiary alicyclic amines) is 1. The Morgan fingerprint density at radius 1 is 1.35 bits per heavy atom. The Balaban J connectivity index is 1.26. The van der Waals surface area contributed by atoms with E-state index in [9.17, 15) is 9.59 Å². The van der Waals surface area contributed by atoms with Crippen molar-refractivity contribution in [3.63, 3.8) is 0 Å². The van der Waals surface area contributed by atoms with Crippen molar-refractivity contribution in [1.82, 2.24) is 19.8 Å². The maximum Gasteiger partial charge on any atom is 0.230 e. The zero-order valence-electron chi connectivity index (χ0n) is 17.5. The predicted octanol–water partition coefficient (Wildman–Crippen LogP) is 1.81. The Bertz CT molecular complexity index is 1090. The summed E-state index contributed by atoms with van der Waals surface area (Å²) in [5.41, 5.74) is 0.928. The summed E-state index contributed by atoms with van der Waals surface area (Å²) >= 11 is 0. The number of pyridine rings is 1. The van der Waals surface area contributed by atoms with Crippen molar-refractivity contribution in [1.29, 1.82) is 0 Å². The molecule has 31 heavy (non-hydrogen) atoms. The Labute approximate surface area is 179 Å². The Morgan fingerprint density at radius 2 is 2.23 bits per heavy atom. The number of amides is 2. The average molecular weight is 420 g/mol. The van der Waals surface area contributed by atoms with Gasteiger partial charge < -0.3 is 19.0 Å². The van der Waals surface area contributed by atoms with Gasteiger partial charge in [0.25, 0.3) is 0 Å². The van der Waals surface area contributed by atoms with E-state index in [-0.39, 0.29) is 24.0 Å². The first-order valence-electron chi connectivity index (χ1n) is 10.8. The van der Waals surface area contributed by atoms with Gasteiger partial charge in [0.2, 0.25) is 17.7 Å². The molecule has 2 bridgehead atoms. The molecule has 6 heterocycles. The molecule has 0 saturated carbocycles. The maximum absolute atomic E-state index is 13.6. The topological polar surface area (TPSA) is 88.8 Å². The Morgan fingerprint density at radius 3 is 3.00 bits per heavy atom. The highest BCUT2D eigenvalue weighted by Gasteiger charge is 2.67. The second kappa shape index (κ2) is 6.50. The summed E-state index contributed by atoms with van der Waals surface area (Å²) in [6.45, 7) is 5.44. The molecule has 8 nitrogen and oxygen atoms in total. The normalized spacial score (nSPS) is 30.9. The van der Waals surface area contributed by atoms with Crippen molar-refractivity contribution in [2.24, 2.45) is 11.8 Å². The highest BCUT2D eigenvalue weighted by atomic mass is 16.5. The monoisotopic (exact) mass is 420 g/mol. The molecule has 0 aliphatic carbocycles. The molecule has 1 spiro atoms. The van der Waals surface area contributed by atoms with Gasteiger partial charge >= 0.3 is 0 Å². The van der Waals surface area contributed by atoms with E-state index < -0.39 is 17.4 Å². The van der Waals surface area contributed by atoms with Crippen molar-refractivity contribution in [3.8, 4) is 11.5 Å². The SMILES string of the molecule is CC(C)N1C[C@]23C=C[C@H](O2)[C@H](C(=O)N2CCc4oc(-c5cccnc5)nc4C2)[C@@H]3C1=O. The van der Waals surface area contributed by atoms with Gasteiger partial charge in [0.15, 0.2) is 0 Å². The van der Waals surface area contributed by atoms with Gasteiger partial charge in [-0.1, -0.05) is 12.2 Å². The molecule has 2 saturated heterocycles. The summed E-state index contributed by atoms with van der Waals surface area (Å²) in [5, 5.41) is 0. The van der Waals surface area contributed by atoms with Crippen LogP contribution in [0.2, 0.25) is 0 Å². The van der Waals surface area contributed by atoms with Gasteiger partial charge in [0.1, 0.15) is 17.1 Å². The van der Waals surface area contributed by atoms with Crippen LogP contribution in [0, 0.1) is 11.8 Å². The van der Waals surface area contributed by atoms with Crippen LogP contribution in [0.1, 0.15) is 25.3 Å². The number of aromatic nitrogens is 2. The molecule has 4 aliphatic rings. The van der Waals surface area contributed by atoms with Crippen LogP contribution in [-0.2, 0) is 27.3 Å². The average Bonchev–Trinajstić information content (AvgIpc) is 3.52. The van der Waals surface area contributed by atoms with E-state index >= 15 is 0 Å². The lowest BCUT2D eigenvalue weighted by atomic mass is 9.76. The van der Waals surface area contributed by atoms with Gasteiger partial charge in [-0.05, 0) is 26.0 Å². The number of carbonyl (C=O) groups is 2. The summed E-state index contributed by atoms with van der Waals surface area (Å²) in [4.78, 5) is 39.2. The number of hydrogen-bond acceptors (Lipinski definition) is 6. The van der Waals surface area contributed by atoms with Crippen LogP contribution in [-0.4, -0.2) is 62.4 Å². The summed E-state index contributed by atoms with van der Waals surface area (Å²) < 4.78 is 12.2. The van der Waals surface area contributed by atoms with Crippen molar-refractivity contribution in [2.75, 3.05) is 13.1 Å². The van der Waals surface area contributed by atoms with Crippen molar-refractivity contribution in [2.45, 2.75) is 44.6 Å². The van der Waals surface area contributed by atoms with E-state index in [1.54, 1.807) is 17.3 Å². The van der Waals surface area contributed by atoms with Gasteiger partial charge in [-0.3, -0.25) is 14.6 Å². The van der Waals surface area contributed by atoms with E-state index in [0.717, 1.165) is 17.0 Å². The fourth-order valence-corrected chi connectivity index (χ4v) is 5.46. The number of oxazole rings is 1. The Hall–Kier alpha value is -3.00. The van der Waals surface area contributed by atoms with Gasteiger partial charge in [-0.15, -0.1) is 0 Å². The molecule has 4 aliphatic heterocycles. The molecular weight excluding hydrogens is 396 g/mol. The fourth-order valence-electron chi connectivity index (χ4n) is 5.46. The molecule has 4 atom stereocenters. The highest BCUT2D eigenvalue weighted by molar-refractivity contribution is 5.93. The minimum absolute atomic E-state index is 0.0261. The van der Waals surface area contributed by atoms with Crippen LogP contribution < -0.4 is 0 Å². The van der Waals surface area contributed by atoms with Crippen LogP contribution in [0.3, 0.4) is 0 Å². The van der Waals surface area contributed by atoms with Gasteiger partial charge in [0.05, 0.1) is 36.6 Å². The summed E-state index contributed by atoms with van der Waals surface area (Å²) in [7, 11) is 0. The number of rotatable bonds is 3. The fraction of sp³-hybridized carbons (Fsp3) is 0.478. The van der Waals surface area contributed by atoms with Crippen LogP contribution in [0.4, 0.5) is 0 Å². The summed E-state index contributed by atoms with van der Waals surface area (Å²) in [5.74, 6) is 0.409. The Kier molecular flexibility index (Phi) is 3.93. The van der Waals surface area contributed by atoms with E-state index in [1.807, 2.05) is 43.0 Å². The second-order valence-corrected chi connectivity index (χ2v) is 9.10. The van der Waals surface area contributed by atoms with E-state index in [0.29, 0.717) is 31.9 Å². The summed E-state index contributed by atoms with van der Waals surface area (Å²) in [6.07, 6.45) is 7.65. The molecule has 0 N–H and O–H groups in total. The van der Waals surface area contributed by atoms with Gasteiger partial charge in [-0.2, -0.15) is 0 Å². The maximum atomic E-state index is 13.6. The number of ether oxygens (including phenoxy) is 1. The molecule has 2 amide bonds. The minimum atomic E-state index is -0.658. The van der Waals surface area contributed by atoms with Crippen LogP contribution >= 0.6 is 0 Å². The number of nitrogens with zero attached hydrogens (tertiary/aromatic N) is 4. The number of carbonyl (C=O) groups excluding carboxylic acids is 2. The first-order valence-corrected chi connectivity index (χ1v) is 10.8. The number of fused-ring (bicyclic) bond motifs is 2. The third kappa shape index (κ3) is 2.64. The molecule has 0 radical (unpaired) electrons. The largest absolute Gasteiger partial charge is 0.441 e. The predicted molar refractivity (Wildman–Crippen MR) is 109 cm³/mol. The summed E-state index contributed by atoms with van der Waals surface area (Å²) in [6, 6.07) is 3.82. The van der Waals surface area contributed by atoms with Crippen LogP contribution in [0.5, 0.6) is 0 Å². The molecule has 6 rings (SSSR count). The zero-order valence-corrected chi connectivity index (χ0v) is 17.5. The molecule has 0 unspecified atom stereocenters. The van der Waals surface area contributed by atoms with E-state index in [2.05, 4.69) is 9.97 Å². The first-order chi connectivity index (χ1) is 15.0. The molecule has 2 aromatic heterocycles. The molecule has 0 aromatic carbocycles. The van der Waals surface area contributed by atoms with Crippen molar-refractivity contribution < 1.29 is 18.7 Å². The second-order valence-electron chi connectivity index (χ2n) is 9.10. The molecule has 2 aromatic rings. The lowest BCUT2D eigenvalue weighted by molar-refractivity contribution is -0.144. The lowest BCUT2D eigenvalue weighted by Crippen LogP contribution is -2.47. The van der Waals surface area contributed by atoms with Crippen LogP contribution in [0.15, 0.2) is 41.1 Å². The van der Waals surface area contributed by atoms with Crippen molar-refractivity contribution >= 4 is 11.8 Å². The van der Waals surface area contributed by atoms with Crippen LogP contribution in [0.25, 0.3) is 11.5 Å². The smallest absolute Gasteiger partial charge is 0.230 e. The highest BCUT2D eigenvalue weighted by Crippen LogP contribution is 2.52. The molecule has 160 valence electrons. The first kappa shape index (κ1) is 18.7. The van der Waals surface area contributed by atoms with Crippen molar-refractivity contribution in [3.05, 3.63) is 48.1 Å². The minimum Gasteiger partial charge on any atom is -0.441 e. The van der Waals surface area contributed by atoms with E-state index in [4.69, 9.17) is 9.15 Å². The number of hydrogen-bond donors (Lipinski definition) is 0. The molecule has 2 fully saturated rings. The quantitative estimate of drug-likeness (QED) is 0.704. The standard InChI is InChI=1S/C23H24N4O4/c1-13(2)27-12-23-7-5-17(31-23)18(19(23)22(27)29)21(28)26-9-6-16-15(11-26)25-20(30-16)14-4-3-8-24-10-14/h3-5,7-8,10,13,17-19H,6,9,11-12H2,1-2H3/t17-,18-,19+,23-/m0/s1. The molecular formula is C23H24N4O4. The zero-order chi connectivity index (χ0) is 21.3. The van der Waals surface area contributed by atoms with E-state index in [1.165, 1.54) is 0 Å². The van der Waals surface area contributed by atoms with Gasteiger partial charge in [0, 0.05) is 31.4 Å². The van der Waals surface area contributed by atoms with Gasteiger partial charge in [-0.25, -0.2) is 4.98 Å².